The minimum atomic E-state index is -0.0113. The summed E-state index contributed by atoms with van der Waals surface area (Å²) in [6, 6.07) is 0. The van der Waals surface area contributed by atoms with Crippen LogP contribution in [0.5, 0.6) is 0 Å². The summed E-state index contributed by atoms with van der Waals surface area (Å²) in [5.74, 6) is 3.36. The molecule has 1 fully saturated rings. The number of allylic oxidation sites excluding steroid dienone is 2. The van der Waals surface area contributed by atoms with Crippen molar-refractivity contribution >= 4 is 23.3 Å². The van der Waals surface area contributed by atoms with Crippen molar-refractivity contribution in [2.45, 2.75) is 59.3 Å². The van der Waals surface area contributed by atoms with Gasteiger partial charge >= 0.3 is 0 Å². The van der Waals surface area contributed by atoms with Crippen LogP contribution in [0.25, 0.3) is 0 Å². The van der Waals surface area contributed by atoms with E-state index in [9.17, 15) is 9.90 Å². The van der Waals surface area contributed by atoms with E-state index >= 15 is 0 Å². The fourth-order valence-electron chi connectivity index (χ4n) is 3.11. The molecule has 0 spiro atoms. The van der Waals surface area contributed by atoms with Crippen LogP contribution in [-0.4, -0.2) is 28.1 Å². The maximum absolute atomic E-state index is 12.2. The van der Waals surface area contributed by atoms with E-state index in [-0.39, 0.29) is 11.5 Å². The van der Waals surface area contributed by atoms with Crippen molar-refractivity contribution in [2.24, 2.45) is 11.8 Å². The Morgan fingerprint density at radius 2 is 2.05 bits per heavy atom. The van der Waals surface area contributed by atoms with Gasteiger partial charge in [-0.15, -0.1) is 0 Å². The smallest absolute Gasteiger partial charge is 0.168 e. The zero-order chi connectivity index (χ0) is 15.8. The van der Waals surface area contributed by atoms with Crippen LogP contribution in [0.2, 0.25) is 0 Å². The van der Waals surface area contributed by atoms with Crippen molar-refractivity contribution in [3.05, 3.63) is 11.3 Å². The van der Waals surface area contributed by atoms with Gasteiger partial charge in [0.2, 0.25) is 0 Å². The molecular formula is C17H29NO2S. The highest BCUT2D eigenvalue weighted by atomic mass is 32.2. The van der Waals surface area contributed by atoms with Gasteiger partial charge < -0.3 is 10.5 Å². The molecule has 0 saturated carbocycles. The predicted molar refractivity (Wildman–Crippen MR) is 91.4 cm³/mol. The number of aliphatic hydroxyl groups excluding tert-OH is 1. The fraction of sp³-hybridized carbons (Fsp3) is 0.765. The van der Waals surface area contributed by atoms with Gasteiger partial charge in [-0.1, -0.05) is 27.2 Å². The van der Waals surface area contributed by atoms with E-state index in [4.69, 9.17) is 5.41 Å². The molecule has 0 aromatic carbocycles. The second kappa shape index (κ2) is 9.29. The van der Waals surface area contributed by atoms with E-state index in [1.165, 1.54) is 18.6 Å². The summed E-state index contributed by atoms with van der Waals surface area (Å²) in [7, 11) is 0. The van der Waals surface area contributed by atoms with Crippen molar-refractivity contribution in [1.82, 2.24) is 0 Å². The predicted octanol–water partition coefficient (Wildman–Crippen LogP) is 4.77. The summed E-state index contributed by atoms with van der Waals surface area (Å²) < 4.78 is 0. The lowest BCUT2D eigenvalue weighted by Crippen LogP contribution is -2.30. The molecular weight excluding hydrogens is 282 g/mol. The zero-order valence-corrected chi connectivity index (χ0v) is 14.4. The van der Waals surface area contributed by atoms with Crippen molar-refractivity contribution in [1.29, 1.82) is 5.41 Å². The maximum atomic E-state index is 12.2. The molecule has 0 aromatic heterocycles. The van der Waals surface area contributed by atoms with Gasteiger partial charge in [0.25, 0.3) is 0 Å². The molecule has 0 aromatic rings. The Kier molecular flexibility index (Phi) is 8.09. The van der Waals surface area contributed by atoms with E-state index < -0.39 is 0 Å². The van der Waals surface area contributed by atoms with Crippen molar-refractivity contribution in [3.63, 3.8) is 0 Å². The van der Waals surface area contributed by atoms with Crippen LogP contribution in [0.15, 0.2) is 11.3 Å². The highest BCUT2D eigenvalue weighted by molar-refractivity contribution is 7.99. The third-order valence-corrected chi connectivity index (χ3v) is 5.38. The minimum absolute atomic E-state index is 0.0113. The van der Waals surface area contributed by atoms with Gasteiger partial charge in [-0.05, 0) is 42.6 Å². The summed E-state index contributed by atoms with van der Waals surface area (Å²) in [6.45, 7) is 5.99. The summed E-state index contributed by atoms with van der Waals surface area (Å²) >= 11 is 1.96. The molecule has 2 atom stereocenters. The third kappa shape index (κ3) is 4.87. The van der Waals surface area contributed by atoms with Crippen LogP contribution in [0.4, 0.5) is 0 Å². The number of ketones is 1. The SMILES string of the molecule is CC.CCCC(=N)C1=C(O)CC(C2CCCSC2)CC1=O. The number of hydrogen-bond acceptors (Lipinski definition) is 4. The Balaban J connectivity index is 0.00000106. The minimum Gasteiger partial charge on any atom is -0.511 e. The average molecular weight is 311 g/mol. The van der Waals surface area contributed by atoms with E-state index in [1.807, 2.05) is 32.5 Å². The average Bonchev–Trinajstić information content (AvgIpc) is 2.49. The normalized spacial score (nSPS) is 26.1. The molecule has 4 heteroatoms. The third-order valence-electron chi connectivity index (χ3n) is 4.13. The molecule has 21 heavy (non-hydrogen) atoms. The standard InChI is InChI=1S/C15H23NO2S.C2H6/c1-2-4-12(16)15-13(17)7-11(8-14(15)18)10-5-3-6-19-9-10;1-2/h10-11,16-17H,2-9H2,1H3;1-2H3. The summed E-state index contributed by atoms with van der Waals surface area (Å²) in [5, 5.41) is 18.1. The van der Waals surface area contributed by atoms with Crippen molar-refractivity contribution < 1.29 is 9.90 Å². The second-order valence-electron chi connectivity index (χ2n) is 5.62. The maximum Gasteiger partial charge on any atom is 0.168 e. The number of carbonyl (C=O) groups is 1. The Hall–Kier alpha value is -0.770. The number of aliphatic hydroxyl groups is 1. The Morgan fingerprint density at radius 3 is 2.57 bits per heavy atom. The summed E-state index contributed by atoms with van der Waals surface area (Å²) in [4.78, 5) is 12.2. The molecule has 1 aliphatic carbocycles. The molecule has 2 rings (SSSR count). The Morgan fingerprint density at radius 1 is 1.33 bits per heavy atom. The molecule has 0 radical (unpaired) electrons. The van der Waals surface area contributed by atoms with Crippen molar-refractivity contribution in [3.8, 4) is 0 Å². The molecule has 0 bridgehead atoms. The number of Topliss-reactive ketones (excluding diaryl/α,β-unsaturated/α-hetero) is 1. The summed E-state index contributed by atoms with van der Waals surface area (Å²) in [6.07, 6.45) is 4.94. The number of thioether (sulfide) groups is 1. The van der Waals surface area contributed by atoms with E-state index in [2.05, 4.69) is 0 Å². The first kappa shape index (κ1) is 18.3. The van der Waals surface area contributed by atoms with Crippen LogP contribution in [-0.2, 0) is 4.79 Å². The van der Waals surface area contributed by atoms with Gasteiger partial charge in [-0.25, -0.2) is 0 Å². The monoisotopic (exact) mass is 311 g/mol. The lowest BCUT2D eigenvalue weighted by Gasteiger charge is -2.32. The number of hydrogen-bond donors (Lipinski definition) is 2. The lowest BCUT2D eigenvalue weighted by atomic mass is 9.77. The second-order valence-corrected chi connectivity index (χ2v) is 6.77. The molecule has 1 aliphatic heterocycles. The fourth-order valence-corrected chi connectivity index (χ4v) is 4.39. The Bertz CT molecular complexity index is 398. The lowest BCUT2D eigenvalue weighted by molar-refractivity contribution is -0.117. The first-order valence-electron chi connectivity index (χ1n) is 8.24. The van der Waals surface area contributed by atoms with Gasteiger partial charge in [-0.3, -0.25) is 4.79 Å². The van der Waals surface area contributed by atoms with Crippen molar-refractivity contribution in [2.75, 3.05) is 11.5 Å². The first-order chi connectivity index (χ1) is 10.1. The van der Waals surface area contributed by atoms with Crippen LogP contribution in [0.3, 0.4) is 0 Å². The van der Waals surface area contributed by atoms with Gasteiger partial charge in [0.1, 0.15) is 5.76 Å². The van der Waals surface area contributed by atoms with E-state index in [0.717, 1.165) is 12.2 Å². The zero-order valence-electron chi connectivity index (χ0n) is 13.6. The highest BCUT2D eigenvalue weighted by Crippen LogP contribution is 2.37. The molecule has 1 saturated heterocycles. The molecule has 2 unspecified atom stereocenters. The van der Waals surface area contributed by atoms with E-state index in [1.54, 1.807) is 0 Å². The van der Waals surface area contributed by atoms with Crippen LogP contribution in [0.1, 0.15) is 59.3 Å². The quantitative estimate of drug-likeness (QED) is 0.735. The van der Waals surface area contributed by atoms with Gasteiger partial charge in [0.15, 0.2) is 5.78 Å². The molecule has 3 nitrogen and oxygen atoms in total. The van der Waals surface area contributed by atoms with Crippen LogP contribution >= 0.6 is 11.8 Å². The first-order valence-corrected chi connectivity index (χ1v) is 9.39. The Labute approximate surface area is 133 Å². The number of nitrogens with one attached hydrogen (secondary N) is 1. The van der Waals surface area contributed by atoms with Gasteiger partial charge in [0, 0.05) is 18.6 Å². The molecule has 1 heterocycles. The van der Waals surface area contributed by atoms with Gasteiger partial charge in [0.05, 0.1) is 5.57 Å². The summed E-state index contributed by atoms with van der Waals surface area (Å²) in [5.41, 5.74) is 0.642. The molecule has 120 valence electrons. The van der Waals surface area contributed by atoms with E-state index in [0.29, 0.717) is 42.4 Å². The van der Waals surface area contributed by atoms with Crippen LogP contribution in [0, 0.1) is 17.2 Å². The number of rotatable bonds is 4. The van der Waals surface area contributed by atoms with Gasteiger partial charge in [-0.2, -0.15) is 11.8 Å². The molecule has 2 N–H and O–H groups in total. The molecule has 0 amide bonds. The topological polar surface area (TPSA) is 61.1 Å². The largest absolute Gasteiger partial charge is 0.511 e. The van der Waals surface area contributed by atoms with Crippen LogP contribution < -0.4 is 0 Å². The highest BCUT2D eigenvalue weighted by Gasteiger charge is 2.34. The number of carbonyl (C=O) groups excluding carboxylic acids is 1. The molecule has 2 aliphatic rings.